The number of sulfonamides is 1. The summed E-state index contributed by atoms with van der Waals surface area (Å²) >= 11 is 0. The third kappa shape index (κ3) is 3.27. The Hall–Kier alpha value is -1.91. The molecule has 1 aromatic carbocycles. The fraction of sp³-hybridized carbons (Fsp3) is 0.200. The van der Waals surface area contributed by atoms with E-state index in [0.29, 0.717) is 5.56 Å². The predicted octanol–water partition coefficient (Wildman–Crippen LogP) is 0.310. The van der Waals surface area contributed by atoms with Crippen LogP contribution in [0.2, 0.25) is 0 Å². The van der Waals surface area contributed by atoms with E-state index < -0.39 is 22.0 Å². The van der Waals surface area contributed by atoms with Crippen LogP contribution in [-0.4, -0.2) is 25.5 Å². The molecule has 0 unspecified atom stereocenters. The maximum atomic E-state index is 11.7. The first-order valence-corrected chi connectivity index (χ1v) is 6.10. The Balaban J connectivity index is 2.98. The quantitative estimate of drug-likeness (QED) is 0.804. The third-order valence-corrected chi connectivity index (χ3v) is 3.55. The van der Waals surface area contributed by atoms with Crippen LogP contribution in [0.3, 0.4) is 0 Å². The first-order valence-electron chi connectivity index (χ1n) is 4.62. The van der Waals surface area contributed by atoms with Crippen molar-refractivity contribution in [1.82, 2.24) is 4.72 Å². The zero-order chi connectivity index (χ0) is 13.1. The Morgan fingerprint density at radius 3 is 2.35 bits per heavy atom. The number of rotatable bonds is 4. The summed E-state index contributed by atoms with van der Waals surface area (Å²) in [6.07, 6.45) is 0. The van der Waals surface area contributed by atoms with E-state index in [1.165, 1.54) is 31.2 Å². The van der Waals surface area contributed by atoms with Gasteiger partial charge in [-0.2, -0.15) is 9.98 Å². The minimum Gasteiger partial charge on any atom is -0.480 e. The fourth-order valence-electron chi connectivity index (χ4n) is 1.06. The van der Waals surface area contributed by atoms with E-state index in [-0.39, 0.29) is 4.90 Å². The lowest BCUT2D eigenvalue weighted by atomic mass is 10.2. The Labute approximate surface area is 98.6 Å². The average Bonchev–Trinajstić information content (AvgIpc) is 2.28. The average molecular weight is 254 g/mol. The van der Waals surface area contributed by atoms with Crippen LogP contribution < -0.4 is 4.72 Å². The molecule has 1 rings (SSSR count). The van der Waals surface area contributed by atoms with Crippen LogP contribution >= 0.6 is 0 Å². The molecule has 7 heteroatoms. The van der Waals surface area contributed by atoms with Gasteiger partial charge >= 0.3 is 5.97 Å². The lowest BCUT2D eigenvalue weighted by molar-refractivity contribution is -0.138. The summed E-state index contributed by atoms with van der Waals surface area (Å²) in [4.78, 5) is 10.5. The van der Waals surface area contributed by atoms with Crippen LogP contribution in [0.1, 0.15) is 12.5 Å². The monoisotopic (exact) mass is 254 g/mol. The first-order chi connectivity index (χ1) is 7.86. The van der Waals surface area contributed by atoms with E-state index >= 15 is 0 Å². The molecule has 1 atom stereocenters. The van der Waals surface area contributed by atoms with Crippen molar-refractivity contribution in [2.45, 2.75) is 17.9 Å². The largest absolute Gasteiger partial charge is 0.480 e. The molecule has 90 valence electrons. The Bertz CT molecular complexity index is 557. The summed E-state index contributed by atoms with van der Waals surface area (Å²) < 4.78 is 25.4. The molecular weight excluding hydrogens is 244 g/mol. The molecule has 0 amide bonds. The van der Waals surface area contributed by atoms with Crippen molar-refractivity contribution >= 4 is 16.0 Å². The molecule has 17 heavy (non-hydrogen) atoms. The highest BCUT2D eigenvalue weighted by Gasteiger charge is 2.21. The van der Waals surface area contributed by atoms with Crippen LogP contribution in [0, 0.1) is 11.3 Å². The summed E-state index contributed by atoms with van der Waals surface area (Å²) in [6, 6.07) is 5.83. The zero-order valence-corrected chi connectivity index (χ0v) is 9.73. The number of nitrogens with zero attached hydrogens (tertiary/aromatic N) is 1. The molecule has 0 bridgehead atoms. The number of carboxylic acid groups (broad SMARTS) is 1. The number of carboxylic acids is 1. The van der Waals surface area contributed by atoms with E-state index in [1.54, 1.807) is 0 Å². The van der Waals surface area contributed by atoms with Crippen LogP contribution in [0.25, 0.3) is 0 Å². The second kappa shape index (κ2) is 4.95. The maximum absolute atomic E-state index is 11.7. The van der Waals surface area contributed by atoms with Crippen molar-refractivity contribution in [3.8, 4) is 6.07 Å². The number of benzene rings is 1. The number of nitrogens with one attached hydrogen (secondary N) is 1. The van der Waals surface area contributed by atoms with Gasteiger partial charge in [-0.1, -0.05) is 0 Å². The molecule has 0 aromatic heterocycles. The van der Waals surface area contributed by atoms with Crippen molar-refractivity contribution < 1.29 is 18.3 Å². The molecule has 1 aromatic rings. The van der Waals surface area contributed by atoms with Crippen LogP contribution in [0.15, 0.2) is 29.2 Å². The van der Waals surface area contributed by atoms with Crippen molar-refractivity contribution in [3.05, 3.63) is 29.8 Å². The number of nitriles is 1. The zero-order valence-electron chi connectivity index (χ0n) is 8.91. The standard InChI is InChI=1S/C10H10N2O4S/c1-7(10(13)14)12-17(15,16)9-4-2-8(6-11)3-5-9/h2-5,7,12H,1H3,(H,13,14)/t7-/m0/s1. The topological polar surface area (TPSA) is 107 Å². The molecule has 0 aliphatic carbocycles. The van der Waals surface area contributed by atoms with E-state index in [4.69, 9.17) is 10.4 Å². The Morgan fingerprint density at radius 2 is 1.94 bits per heavy atom. The Morgan fingerprint density at radius 1 is 1.41 bits per heavy atom. The smallest absolute Gasteiger partial charge is 0.321 e. The minimum atomic E-state index is -3.87. The number of carbonyl (C=O) groups is 1. The van der Waals surface area contributed by atoms with Gasteiger partial charge in [-0.25, -0.2) is 8.42 Å². The summed E-state index contributed by atoms with van der Waals surface area (Å²) in [5, 5.41) is 17.2. The van der Waals surface area contributed by atoms with E-state index in [9.17, 15) is 13.2 Å². The molecule has 6 nitrogen and oxygen atoms in total. The van der Waals surface area contributed by atoms with Crippen LogP contribution in [-0.2, 0) is 14.8 Å². The highest BCUT2D eigenvalue weighted by atomic mass is 32.2. The molecule has 0 aliphatic heterocycles. The van der Waals surface area contributed by atoms with Crippen LogP contribution in [0.5, 0.6) is 0 Å². The van der Waals surface area contributed by atoms with Gasteiger partial charge in [0, 0.05) is 0 Å². The van der Waals surface area contributed by atoms with Gasteiger partial charge < -0.3 is 5.11 Å². The molecule has 0 aliphatic rings. The summed E-state index contributed by atoms with van der Waals surface area (Å²) in [5.41, 5.74) is 0.329. The molecule has 0 saturated heterocycles. The van der Waals surface area contributed by atoms with Crippen molar-refractivity contribution in [1.29, 1.82) is 5.26 Å². The third-order valence-electron chi connectivity index (χ3n) is 2.00. The first kappa shape index (κ1) is 13.2. The van der Waals surface area contributed by atoms with Gasteiger partial charge in [0.05, 0.1) is 16.5 Å². The normalized spacial score (nSPS) is 12.7. The van der Waals surface area contributed by atoms with Gasteiger partial charge in [-0.3, -0.25) is 4.79 Å². The van der Waals surface area contributed by atoms with Gasteiger partial charge in [0.25, 0.3) is 0 Å². The van der Waals surface area contributed by atoms with Gasteiger partial charge in [0.2, 0.25) is 10.0 Å². The molecule has 0 spiro atoms. The maximum Gasteiger partial charge on any atom is 0.321 e. The van der Waals surface area contributed by atoms with E-state index in [2.05, 4.69) is 0 Å². The second-order valence-electron chi connectivity index (χ2n) is 3.32. The fourth-order valence-corrected chi connectivity index (χ4v) is 2.26. The number of hydrogen-bond acceptors (Lipinski definition) is 4. The number of aliphatic carboxylic acids is 1. The van der Waals surface area contributed by atoms with Crippen LogP contribution in [0.4, 0.5) is 0 Å². The SMILES string of the molecule is C[C@H](NS(=O)(=O)c1ccc(C#N)cc1)C(=O)O. The molecule has 0 saturated carbocycles. The number of hydrogen-bond donors (Lipinski definition) is 2. The summed E-state index contributed by atoms with van der Waals surface area (Å²) in [6.45, 7) is 1.23. The van der Waals surface area contributed by atoms with Crippen molar-refractivity contribution in [2.24, 2.45) is 0 Å². The molecule has 0 radical (unpaired) electrons. The minimum absolute atomic E-state index is 0.0791. The van der Waals surface area contributed by atoms with Crippen molar-refractivity contribution in [3.63, 3.8) is 0 Å². The predicted molar refractivity (Wildman–Crippen MR) is 58.6 cm³/mol. The summed E-state index contributed by atoms with van der Waals surface area (Å²) in [7, 11) is -3.87. The molecule has 0 heterocycles. The van der Waals surface area contributed by atoms with Gasteiger partial charge in [0.1, 0.15) is 6.04 Å². The van der Waals surface area contributed by atoms with E-state index in [1.807, 2.05) is 10.8 Å². The molecule has 0 fully saturated rings. The van der Waals surface area contributed by atoms with Crippen molar-refractivity contribution in [2.75, 3.05) is 0 Å². The van der Waals surface area contributed by atoms with Gasteiger partial charge in [0.15, 0.2) is 0 Å². The van der Waals surface area contributed by atoms with Gasteiger partial charge in [-0.15, -0.1) is 0 Å². The second-order valence-corrected chi connectivity index (χ2v) is 5.03. The summed E-state index contributed by atoms with van der Waals surface area (Å²) in [5.74, 6) is -1.26. The lowest BCUT2D eigenvalue weighted by Gasteiger charge is -2.09. The highest BCUT2D eigenvalue weighted by Crippen LogP contribution is 2.10. The van der Waals surface area contributed by atoms with Gasteiger partial charge in [-0.05, 0) is 31.2 Å². The molecular formula is C10H10N2O4S. The lowest BCUT2D eigenvalue weighted by Crippen LogP contribution is -2.38. The highest BCUT2D eigenvalue weighted by molar-refractivity contribution is 7.89. The van der Waals surface area contributed by atoms with E-state index in [0.717, 1.165) is 0 Å². The molecule has 2 N–H and O–H groups in total. The Kier molecular flexibility index (Phi) is 3.83.